The largest absolute Gasteiger partial charge is 0.313 e. The highest BCUT2D eigenvalue weighted by Crippen LogP contribution is 2.20. The number of aromatic nitrogens is 5. The second-order valence-electron chi connectivity index (χ2n) is 2.77. The number of nitrogens with one attached hydrogen (secondary N) is 1. The van der Waals surface area contributed by atoms with E-state index in [2.05, 4.69) is 20.5 Å². The Morgan fingerprint density at radius 3 is 3.00 bits per heavy atom. The van der Waals surface area contributed by atoms with E-state index in [1.54, 1.807) is 22.3 Å². The molecule has 3 aromatic rings. The summed E-state index contributed by atoms with van der Waals surface area (Å²) in [5.41, 5.74) is 0.995. The van der Waals surface area contributed by atoms with E-state index in [-0.39, 0.29) is 0 Å². The van der Waals surface area contributed by atoms with Gasteiger partial charge in [0.1, 0.15) is 10.7 Å². The molecule has 0 amide bonds. The van der Waals surface area contributed by atoms with Gasteiger partial charge in [-0.1, -0.05) is 28.7 Å². The molecule has 0 aliphatic heterocycles. The average Bonchev–Trinajstić information content (AvgIpc) is 2.86. The van der Waals surface area contributed by atoms with Crippen LogP contribution >= 0.6 is 11.3 Å². The van der Waals surface area contributed by atoms with Crippen molar-refractivity contribution in [3.63, 3.8) is 0 Å². The van der Waals surface area contributed by atoms with Crippen molar-refractivity contribution >= 4 is 21.6 Å². The molecule has 0 saturated heterocycles. The summed E-state index contributed by atoms with van der Waals surface area (Å²) in [7, 11) is 0. The molecule has 0 bridgehead atoms. The lowest BCUT2D eigenvalue weighted by Gasteiger charge is -1.80. The van der Waals surface area contributed by atoms with E-state index in [4.69, 9.17) is 0 Å². The molecule has 2 heterocycles. The van der Waals surface area contributed by atoms with Crippen LogP contribution in [0.5, 0.6) is 0 Å². The van der Waals surface area contributed by atoms with Crippen molar-refractivity contribution in [2.24, 2.45) is 0 Å². The predicted molar refractivity (Wildman–Crippen MR) is 51.1 cm³/mol. The fourth-order valence-electron chi connectivity index (χ4n) is 1.23. The van der Waals surface area contributed by atoms with Gasteiger partial charge >= 0.3 is 5.13 Å². The quantitative estimate of drug-likeness (QED) is 0.593. The van der Waals surface area contributed by atoms with Crippen LogP contribution in [0.2, 0.25) is 0 Å². The summed E-state index contributed by atoms with van der Waals surface area (Å²) >= 11 is 1.60. The van der Waals surface area contributed by atoms with Crippen LogP contribution in [0.4, 0.5) is 0 Å². The molecule has 0 atom stereocenters. The van der Waals surface area contributed by atoms with Crippen molar-refractivity contribution in [1.82, 2.24) is 20.5 Å². The SMILES string of the molecule is c1ccc2sc(-[n+]3cnn[nH]3)nc2c1. The minimum absolute atomic E-state index is 0.844. The van der Waals surface area contributed by atoms with Gasteiger partial charge in [-0.2, -0.15) is 0 Å². The third kappa shape index (κ3) is 1.08. The number of benzene rings is 1. The van der Waals surface area contributed by atoms with Gasteiger partial charge in [0.25, 0.3) is 6.33 Å². The zero-order valence-electron chi connectivity index (χ0n) is 7.08. The molecule has 14 heavy (non-hydrogen) atoms. The van der Waals surface area contributed by atoms with E-state index in [0.29, 0.717) is 0 Å². The van der Waals surface area contributed by atoms with E-state index in [1.807, 2.05) is 24.3 Å². The molecule has 6 heteroatoms. The molecular weight excluding hydrogens is 198 g/mol. The molecule has 68 valence electrons. The van der Waals surface area contributed by atoms with E-state index in [9.17, 15) is 0 Å². The first-order chi connectivity index (χ1) is 6.93. The zero-order chi connectivity index (χ0) is 9.38. The van der Waals surface area contributed by atoms with Crippen LogP contribution in [-0.4, -0.2) is 20.5 Å². The van der Waals surface area contributed by atoms with E-state index < -0.39 is 0 Å². The maximum Gasteiger partial charge on any atom is 0.313 e. The maximum absolute atomic E-state index is 4.43. The Labute approximate surface area is 83.0 Å². The van der Waals surface area contributed by atoms with Crippen LogP contribution in [0, 0.1) is 0 Å². The lowest BCUT2D eigenvalue weighted by atomic mass is 10.3. The van der Waals surface area contributed by atoms with Crippen molar-refractivity contribution < 1.29 is 4.68 Å². The van der Waals surface area contributed by atoms with Crippen LogP contribution in [-0.2, 0) is 0 Å². The second kappa shape index (κ2) is 2.85. The normalized spacial score (nSPS) is 10.9. The summed E-state index contributed by atoms with van der Waals surface area (Å²) in [6.45, 7) is 0. The van der Waals surface area contributed by atoms with Gasteiger partial charge in [0.15, 0.2) is 0 Å². The summed E-state index contributed by atoms with van der Waals surface area (Å²) in [5.74, 6) is 0. The molecule has 0 aliphatic rings. The van der Waals surface area contributed by atoms with Gasteiger partial charge in [-0.15, -0.1) is 9.67 Å². The van der Waals surface area contributed by atoms with E-state index >= 15 is 0 Å². The molecule has 2 aromatic heterocycles. The lowest BCUT2D eigenvalue weighted by Crippen LogP contribution is -2.31. The van der Waals surface area contributed by atoms with Gasteiger partial charge in [0, 0.05) is 5.10 Å². The molecule has 0 saturated carbocycles. The van der Waals surface area contributed by atoms with Crippen molar-refractivity contribution in [2.75, 3.05) is 0 Å². The van der Waals surface area contributed by atoms with Gasteiger partial charge in [0.05, 0.1) is 4.70 Å². The Hall–Kier alpha value is -1.82. The van der Waals surface area contributed by atoms with Gasteiger partial charge < -0.3 is 0 Å². The van der Waals surface area contributed by atoms with E-state index in [0.717, 1.165) is 15.3 Å². The number of thiazole rings is 1. The standard InChI is InChI=1S/C8H5N5S/c1-2-4-7-6(3-1)10-8(14-7)13-5-9-11-12-13/h1-5H/p+1. The van der Waals surface area contributed by atoms with Gasteiger partial charge in [0.2, 0.25) is 0 Å². The first-order valence-electron chi connectivity index (χ1n) is 4.07. The number of nitrogens with zero attached hydrogens (tertiary/aromatic N) is 4. The minimum Gasteiger partial charge on any atom is -0.122 e. The molecule has 0 aliphatic carbocycles. The van der Waals surface area contributed by atoms with Crippen molar-refractivity contribution in [3.05, 3.63) is 30.6 Å². The number of fused-ring (bicyclic) bond motifs is 1. The Kier molecular flexibility index (Phi) is 1.54. The van der Waals surface area contributed by atoms with E-state index in [1.165, 1.54) is 0 Å². The van der Waals surface area contributed by atoms with Crippen LogP contribution < -0.4 is 4.68 Å². The maximum atomic E-state index is 4.43. The Morgan fingerprint density at radius 2 is 2.21 bits per heavy atom. The second-order valence-corrected chi connectivity index (χ2v) is 3.77. The number of rotatable bonds is 1. The number of hydrogen-bond acceptors (Lipinski definition) is 4. The Balaban J connectivity index is 2.24. The van der Waals surface area contributed by atoms with Crippen LogP contribution in [0.1, 0.15) is 0 Å². The molecule has 1 N–H and O–H groups in total. The molecular formula is C8H6N5S+. The summed E-state index contributed by atoms with van der Waals surface area (Å²) in [5, 5.41) is 10.9. The van der Waals surface area contributed by atoms with Crippen molar-refractivity contribution in [3.8, 4) is 5.13 Å². The monoisotopic (exact) mass is 204 g/mol. The smallest absolute Gasteiger partial charge is 0.122 e. The lowest BCUT2D eigenvalue weighted by molar-refractivity contribution is -0.659. The fourth-order valence-corrected chi connectivity index (χ4v) is 2.12. The molecule has 0 fully saturated rings. The highest BCUT2D eigenvalue weighted by atomic mass is 32.1. The van der Waals surface area contributed by atoms with Crippen LogP contribution in [0.15, 0.2) is 30.6 Å². The number of para-hydroxylation sites is 1. The minimum atomic E-state index is 0.844. The molecule has 0 spiro atoms. The topological polar surface area (TPSA) is 58.3 Å². The highest BCUT2D eigenvalue weighted by Gasteiger charge is 2.11. The summed E-state index contributed by atoms with van der Waals surface area (Å²) in [6.07, 6.45) is 1.59. The number of aromatic amines is 1. The van der Waals surface area contributed by atoms with Crippen LogP contribution in [0.3, 0.4) is 0 Å². The highest BCUT2D eigenvalue weighted by molar-refractivity contribution is 7.20. The number of tetrazole rings is 1. The number of hydrogen-bond donors (Lipinski definition) is 1. The first-order valence-corrected chi connectivity index (χ1v) is 4.89. The van der Waals surface area contributed by atoms with Gasteiger partial charge in [-0.25, -0.2) is 0 Å². The Bertz CT molecular complexity index is 523. The van der Waals surface area contributed by atoms with Gasteiger partial charge in [-0.05, 0) is 12.1 Å². The molecule has 3 rings (SSSR count). The summed E-state index contributed by atoms with van der Waals surface area (Å²) < 4.78 is 2.84. The third-order valence-corrected chi connectivity index (χ3v) is 2.90. The summed E-state index contributed by atoms with van der Waals surface area (Å²) in [4.78, 5) is 4.43. The van der Waals surface area contributed by atoms with Crippen LogP contribution in [0.25, 0.3) is 15.3 Å². The Morgan fingerprint density at radius 1 is 1.29 bits per heavy atom. The molecule has 5 nitrogen and oxygen atoms in total. The fraction of sp³-hybridized carbons (Fsp3) is 0. The predicted octanol–water partition coefficient (Wildman–Crippen LogP) is 0.691. The van der Waals surface area contributed by atoms with Crippen molar-refractivity contribution in [2.45, 2.75) is 0 Å². The number of H-pyrrole nitrogens is 1. The van der Waals surface area contributed by atoms with Crippen molar-refractivity contribution in [1.29, 1.82) is 0 Å². The zero-order valence-corrected chi connectivity index (χ0v) is 7.90. The summed E-state index contributed by atoms with van der Waals surface area (Å²) in [6, 6.07) is 8.00. The third-order valence-electron chi connectivity index (χ3n) is 1.87. The molecule has 0 radical (unpaired) electrons. The van der Waals surface area contributed by atoms with Gasteiger partial charge in [-0.3, -0.25) is 0 Å². The molecule has 1 aromatic carbocycles. The average molecular weight is 204 g/mol. The molecule has 0 unspecified atom stereocenters. The first kappa shape index (κ1) is 7.57.